The van der Waals surface area contributed by atoms with E-state index in [2.05, 4.69) is 10.3 Å². The number of hydrogen-bond acceptors (Lipinski definition) is 5. The lowest BCUT2D eigenvalue weighted by atomic mass is 10.0. The largest absolute Gasteiger partial charge is 0.433 e. The molecule has 0 saturated heterocycles. The lowest BCUT2D eigenvalue weighted by molar-refractivity contribution is -0.384. The fourth-order valence-electron chi connectivity index (χ4n) is 3.06. The third-order valence-electron chi connectivity index (χ3n) is 4.71. The quantitative estimate of drug-likeness (QED) is 0.258. The van der Waals surface area contributed by atoms with Gasteiger partial charge < -0.3 is 5.32 Å². The Hall–Kier alpha value is -4.11. The molecule has 0 saturated carbocycles. The molecule has 2 aromatic carbocycles. The van der Waals surface area contributed by atoms with Gasteiger partial charge in [-0.15, -0.1) is 0 Å². The van der Waals surface area contributed by atoms with E-state index in [1.807, 2.05) is 0 Å². The average molecular weight is 526 g/mol. The molecule has 36 heavy (non-hydrogen) atoms. The van der Waals surface area contributed by atoms with Crippen molar-refractivity contribution in [1.29, 1.82) is 0 Å². The van der Waals surface area contributed by atoms with E-state index in [1.54, 1.807) is 0 Å². The van der Waals surface area contributed by atoms with Crippen LogP contribution in [-0.2, 0) is 25.1 Å². The van der Waals surface area contributed by atoms with Crippen LogP contribution in [0.25, 0.3) is 5.69 Å². The highest BCUT2D eigenvalue weighted by Crippen LogP contribution is 2.37. The Morgan fingerprint density at radius 3 is 1.97 bits per heavy atom. The third-order valence-corrected chi connectivity index (χ3v) is 4.71. The van der Waals surface area contributed by atoms with Gasteiger partial charge in [0.25, 0.3) is 11.2 Å². The van der Waals surface area contributed by atoms with Crippen LogP contribution in [-0.4, -0.2) is 14.5 Å². The average Bonchev–Trinajstić information content (AvgIpc) is 2.75. The smallest absolute Gasteiger partial charge is 0.351 e. The SMILES string of the molecule is O=c1cc(C(F)(F)F)nc(NCc2ccc(C(F)(F)F)cc2C(F)(F)F)n1-c1ccc([N+](=O)[O-])cc1. The van der Waals surface area contributed by atoms with Gasteiger partial charge in [0.05, 0.1) is 21.7 Å². The van der Waals surface area contributed by atoms with Crippen LogP contribution in [0.2, 0.25) is 0 Å². The Balaban J connectivity index is 2.10. The molecular weight excluding hydrogens is 515 g/mol. The molecule has 0 amide bonds. The van der Waals surface area contributed by atoms with E-state index in [0.717, 1.165) is 24.3 Å². The Bertz CT molecular complexity index is 1340. The maximum atomic E-state index is 13.4. The standard InChI is InChI=1S/C20H11F9N4O3/c21-18(22,23)11-2-1-10(14(7-11)19(24,25)26)9-30-17-31-15(20(27,28)29)8-16(34)32(17)12-3-5-13(6-4-12)33(35)36/h1-8H,9H2,(H,30,31). The van der Waals surface area contributed by atoms with Gasteiger partial charge in [-0.05, 0) is 29.8 Å². The molecule has 1 aromatic heterocycles. The van der Waals surface area contributed by atoms with E-state index in [0.29, 0.717) is 16.7 Å². The molecule has 0 radical (unpaired) electrons. The second-order valence-corrected chi connectivity index (χ2v) is 7.13. The topological polar surface area (TPSA) is 90.1 Å². The summed E-state index contributed by atoms with van der Waals surface area (Å²) < 4.78 is 119. The van der Waals surface area contributed by atoms with Gasteiger partial charge in [0, 0.05) is 24.7 Å². The number of rotatable bonds is 5. The second-order valence-electron chi connectivity index (χ2n) is 7.13. The number of benzene rings is 2. The van der Waals surface area contributed by atoms with Gasteiger partial charge in [-0.1, -0.05) is 6.07 Å². The van der Waals surface area contributed by atoms with Crippen molar-refractivity contribution in [3.63, 3.8) is 0 Å². The van der Waals surface area contributed by atoms with Crippen LogP contribution in [0.4, 0.5) is 51.1 Å². The summed E-state index contributed by atoms with van der Waals surface area (Å²) in [6.07, 6.45) is -15.5. The van der Waals surface area contributed by atoms with Crippen LogP contribution in [0, 0.1) is 10.1 Å². The molecule has 192 valence electrons. The first kappa shape index (κ1) is 26.5. The minimum absolute atomic E-state index is 0.103. The lowest BCUT2D eigenvalue weighted by Gasteiger charge is -2.19. The lowest BCUT2D eigenvalue weighted by Crippen LogP contribution is -2.26. The number of hydrogen-bond donors (Lipinski definition) is 1. The third kappa shape index (κ3) is 5.75. The van der Waals surface area contributed by atoms with Crippen molar-refractivity contribution < 1.29 is 44.4 Å². The van der Waals surface area contributed by atoms with Crippen LogP contribution >= 0.6 is 0 Å². The second kappa shape index (κ2) is 9.16. The molecule has 3 aromatic rings. The number of nitrogens with one attached hydrogen (secondary N) is 1. The number of non-ortho nitro benzene ring substituents is 1. The number of halogens is 9. The first-order valence-corrected chi connectivity index (χ1v) is 9.46. The van der Waals surface area contributed by atoms with E-state index >= 15 is 0 Å². The van der Waals surface area contributed by atoms with Gasteiger partial charge in [-0.2, -0.15) is 39.5 Å². The number of aromatic nitrogens is 2. The normalized spacial score (nSPS) is 12.5. The van der Waals surface area contributed by atoms with E-state index in [-0.39, 0.29) is 17.8 Å². The zero-order valence-electron chi connectivity index (χ0n) is 17.3. The molecule has 3 rings (SSSR count). The van der Waals surface area contributed by atoms with E-state index in [9.17, 15) is 54.4 Å². The summed E-state index contributed by atoms with van der Waals surface area (Å²) in [5.74, 6) is -0.906. The highest BCUT2D eigenvalue weighted by Gasteiger charge is 2.38. The summed E-state index contributed by atoms with van der Waals surface area (Å²) in [5.41, 5.74) is -7.77. The highest BCUT2D eigenvalue weighted by molar-refractivity contribution is 5.47. The van der Waals surface area contributed by atoms with E-state index in [1.165, 1.54) is 0 Å². The summed E-state index contributed by atoms with van der Waals surface area (Å²) in [4.78, 5) is 25.7. The summed E-state index contributed by atoms with van der Waals surface area (Å²) in [5, 5.41) is 12.9. The number of anilines is 1. The van der Waals surface area contributed by atoms with Gasteiger partial charge in [0.2, 0.25) is 5.95 Å². The first-order chi connectivity index (χ1) is 16.5. The molecule has 0 aliphatic rings. The van der Waals surface area contributed by atoms with Crippen molar-refractivity contribution in [1.82, 2.24) is 9.55 Å². The molecule has 16 heteroatoms. The van der Waals surface area contributed by atoms with Crippen molar-refractivity contribution in [2.75, 3.05) is 5.32 Å². The number of nitro benzene ring substituents is 1. The van der Waals surface area contributed by atoms with Gasteiger partial charge in [0.15, 0.2) is 5.69 Å². The van der Waals surface area contributed by atoms with E-state index in [4.69, 9.17) is 0 Å². The van der Waals surface area contributed by atoms with Crippen LogP contribution < -0.4 is 10.9 Å². The van der Waals surface area contributed by atoms with Crippen molar-refractivity contribution in [2.24, 2.45) is 0 Å². The fraction of sp³-hybridized carbons (Fsp3) is 0.200. The molecule has 0 aliphatic heterocycles. The Labute approximate surface area is 194 Å². The predicted molar refractivity (Wildman–Crippen MR) is 105 cm³/mol. The summed E-state index contributed by atoms with van der Waals surface area (Å²) in [6.45, 7) is -0.978. The molecule has 0 spiro atoms. The molecule has 1 N–H and O–H groups in total. The van der Waals surface area contributed by atoms with Crippen molar-refractivity contribution in [2.45, 2.75) is 25.1 Å². The molecule has 1 heterocycles. The molecular formula is C20H11F9N4O3. The van der Waals surface area contributed by atoms with Crippen LogP contribution in [0.3, 0.4) is 0 Å². The molecule has 7 nitrogen and oxygen atoms in total. The van der Waals surface area contributed by atoms with Gasteiger partial charge >= 0.3 is 18.5 Å². The van der Waals surface area contributed by atoms with Crippen LogP contribution in [0.1, 0.15) is 22.4 Å². The summed E-state index contributed by atoms with van der Waals surface area (Å²) >= 11 is 0. The van der Waals surface area contributed by atoms with Gasteiger partial charge in [0.1, 0.15) is 0 Å². The highest BCUT2D eigenvalue weighted by atomic mass is 19.4. The monoisotopic (exact) mass is 526 g/mol. The van der Waals surface area contributed by atoms with Crippen molar-refractivity contribution in [3.8, 4) is 5.69 Å². The minimum atomic E-state index is -5.25. The molecule has 0 aliphatic carbocycles. The van der Waals surface area contributed by atoms with Gasteiger partial charge in [-0.3, -0.25) is 14.9 Å². The maximum Gasteiger partial charge on any atom is 0.433 e. The maximum absolute atomic E-state index is 13.4. The van der Waals surface area contributed by atoms with Crippen molar-refractivity contribution in [3.05, 3.63) is 91.4 Å². The molecule has 0 unspecified atom stereocenters. The number of nitro groups is 1. The fourth-order valence-corrected chi connectivity index (χ4v) is 3.06. The Morgan fingerprint density at radius 2 is 1.47 bits per heavy atom. The Morgan fingerprint density at radius 1 is 0.861 bits per heavy atom. The zero-order valence-corrected chi connectivity index (χ0v) is 17.3. The first-order valence-electron chi connectivity index (χ1n) is 9.46. The zero-order chi connectivity index (χ0) is 27.1. The summed E-state index contributed by atoms with van der Waals surface area (Å²) in [6, 6.07) is 4.60. The molecule has 0 bridgehead atoms. The van der Waals surface area contributed by atoms with Crippen LogP contribution in [0.15, 0.2) is 53.3 Å². The van der Waals surface area contributed by atoms with Crippen molar-refractivity contribution >= 4 is 11.6 Å². The molecule has 0 atom stereocenters. The van der Waals surface area contributed by atoms with Crippen LogP contribution in [0.5, 0.6) is 0 Å². The number of nitrogens with zero attached hydrogens (tertiary/aromatic N) is 3. The van der Waals surface area contributed by atoms with E-state index < -0.39 is 69.6 Å². The minimum Gasteiger partial charge on any atom is -0.351 e. The Kier molecular flexibility index (Phi) is 6.74. The van der Waals surface area contributed by atoms with Gasteiger partial charge in [-0.25, -0.2) is 9.55 Å². The predicted octanol–water partition coefficient (Wildman–Crippen LogP) is 5.81. The molecule has 0 fully saturated rings. The number of alkyl halides is 9. The summed E-state index contributed by atoms with van der Waals surface area (Å²) in [7, 11) is 0.